The molecular weight excluding hydrogens is 258 g/mol. The van der Waals surface area contributed by atoms with Gasteiger partial charge in [0.2, 0.25) is 5.88 Å². The molecule has 0 amide bonds. The first kappa shape index (κ1) is 13.3. The zero-order valence-corrected chi connectivity index (χ0v) is 11.6. The van der Waals surface area contributed by atoms with Crippen LogP contribution in [0.1, 0.15) is 5.56 Å². The van der Waals surface area contributed by atoms with Gasteiger partial charge in [0.05, 0.1) is 19.0 Å². The van der Waals surface area contributed by atoms with Gasteiger partial charge in [0.1, 0.15) is 0 Å². The number of hydrogen-bond donors (Lipinski definition) is 2. The van der Waals surface area contributed by atoms with Gasteiger partial charge in [-0.1, -0.05) is 12.1 Å². The lowest BCUT2D eigenvalue weighted by Crippen LogP contribution is -2.19. The van der Waals surface area contributed by atoms with Gasteiger partial charge in [-0.15, -0.1) is 0 Å². The lowest BCUT2D eigenvalue weighted by atomic mass is 10.2. The van der Waals surface area contributed by atoms with Crippen LogP contribution >= 0.6 is 12.2 Å². The predicted octanol–water partition coefficient (Wildman–Crippen LogP) is 3.21. The number of methoxy groups -OCH3 is 1. The average molecular weight is 273 g/mol. The number of pyridine rings is 1. The number of nitrogens with zero attached hydrogens (tertiary/aromatic N) is 1. The molecule has 0 aliphatic carbocycles. The molecule has 0 atom stereocenters. The fourth-order valence-corrected chi connectivity index (χ4v) is 1.83. The molecule has 0 saturated carbocycles. The first-order chi connectivity index (χ1) is 9.17. The number of hydrogen-bond acceptors (Lipinski definition) is 3. The molecule has 0 bridgehead atoms. The quantitative estimate of drug-likeness (QED) is 0.841. The second kappa shape index (κ2) is 6.15. The zero-order valence-electron chi connectivity index (χ0n) is 10.8. The van der Waals surface area contributed by atoms with E-state index in [0.29, 0.717) is 11.0 Å². The van der Waals surface area contributed by atoms with Crippen LogP contribution in [0, 0.1) is 6.92 Å². The highest BCUT2D eigenvalue weighted by Gasteiger charge is 2.00. The minimum Gasteiger partial charge on any atom is -0.481 e. The summed E-state index contributed by atoms with van der Waals surface area (Å²) in [6.07, 6.45) is 1.67. The van der Waals surface area contributed by atoms with E-state index in [2.05, 4.69) is 15.6 Å². The Labute approximate surface area is 117 Å². The van der Waals surface area contributed by atoms with E-state index in [0.717, 1.165) is 11.4 Å². The van der Waals surface area contributed by atoms with E-state index in [1.807, 2.05) is 37.3 Å². The van der Waals surface area contributed by atoms with Crippen molar-refractivity contribution in [3.8, 4) is 5.88 Å². The number of anilines is 2. The van der Waals surface area contributed by atoms with Crippen LogP contribution in [0.15, 0.2) is 42.6 Å². The normalized spacial score (nSPS) is 9.79. The van der Waals surface area contributed by atoms with Crippen molar-refractivity contribution in [3.05, 3.63) is 48.2 Å². The molecular formula is C14H15N3OS. The maximum Gasteiger partial charge on any atom is 0.213 e. The highest BCUT2D eigenvalue weighted by atomic mass is 32.1. The molecule has 19 heavy (non-hydrogen) atoms. The third-order valence-electron chi connectivity index (χ3n) is 2.48. The summed E-state index contributed by atoms with van der Waals surface area (Å²) in [6, 6.07) is 11.6. The molecule has 2 N–H and O–H groups in total. The molecule has 2 rings (SSSR count). The van der Waals surface area contributed by atoms with E-state index < -0.39 is 0 Å². The fraction of sp³-hybridized carbons (Fsp3) is 0.143. The van der Waals surface area contributed by atoms with Gasteiger partial charge in [-0.05, 0) is 42.9 Å². The van der Waals surface area contributed by atoms with Gasteiger partial charge in [-0.2, -0.15) is 0 Å². The number of ether oxygens (including phenoxy) is 1. The van der Waals surface area contributed by atoms with Crippen LogP contribution in [0.2, 0.25) is 0 Å². The molecule has 5 heteroatoms. The maximum atomic E-state index is 5.24. The number of thiocarbonyl (C=S) groups is 1. The molecule has 4 nitrogen and oxygen atoms in total. The van der Waals surface area contributed by atoms with E-state index in [-0.39, 0.29) is 0 Å². The van der Waals surface area contributed by atoms with E-state index in [4.69, 9.17) is 17.0 Å². The smallest absolute Gasteiger partial charge is 0.213 e. The van der Waals surface area contributed by atoms with Gasteiger partial charge in [-0.3, -0.25) is 0 Å². The van der Waals surface area contributed by atoms with Gasteiger partial charge in [-0.25, -0.2) is 4.98 Å². The van der Waals surface area contributed by atoms with Gasteiger partial charge in [0, 0.05) is 11.8 Å². The summed E-state index contributed by atoms with van der Waals surface area (Å²) in [4.78, 5) is 4.10. The number of aromatic nitrogens is 1. The average Bonchev–Trinajstić information content (AvgIpc) is 2.39. The van der Waals surface area contributed by atoms with Gasteiger partial charge < -0.3 is 15.4 Å². The third-order valence-corrected chi connectivity index (χ3v) is 2.68. The van der Waals surface area contributed by atoms with Crippen molar-refractivity contribution in [1.82, 2.24) is 4.98 Å². The van der Waals surface area contributed by atoms with Crippen LogP contribution in [0.25, 0.3) is 0 Å². The Hall–Kier alpha value is -2.14. The monoisotopic (exact) mass is 273 g/mol. The van der Waals surface area contributed by atoms with Crippen LogP contribution in [-0.4, -0.2) is 17.2 Å². The largest absolute Gasteiger partial charge is 0.481 e. The number of benzene rings is 1. The summed E-state index contributed by atoms with van der Waals surface area (Å²) in [5.41, 5.74) is 2.95. The molecule has 1 aromatic carbocycles. The second-order valence-corrected chi connectivity index (χ2v) is 4.45. The Morgan fingerprint density at radius 2 is 1.95 bits per heavy atom. The first-order valence-electron chi connectivity index (χ1n) is 5.82. The molecule has 0 fully saturated rings. The Morgan fingerprint density at radius 1 is 1.16 bits per heavy atom. The van der Waals surface area contributed by atoms with Gasteiger partial charge in [0.25, 0.3) is 0 Å². The predicted molar refractivity (Wildman–Crippen MR) is 81.8 cm³/mol. The number of rotatable bonds is 3. The summed E-state index contributed by atoms with van der Waals surface area (Å²) < 4.78 is 5.00. The molecule has 0 unspecified atom stereocenters. The topological polar surface area (TPSA) is 46.2 Å². The van der Waals surface area contributed by atoms with Crippen LogP contribution in [0.4, 0.5) is 11.4 Å². The molecule has 0 radical (unpaired) electrons. The summed E-state index contributed by atoms with van der Waals surface area (Å²) >= 11 is 5.24. The Balaban J connectivity index is 1.97. The second-order valence-electron chi connectivity index (χ2n) is 4.04. The summed E-state index contributed by atoms with van der Waals surface area (Å²) in [6.45, 7) is 2.04. The highest BCUT2D eigenvalue weighted by Crippen LogP contribution is 2.13. The summed E-state index contributed by atoms with van der Waals surface area (Å²) in [5.74, 6) is 0.572. The Morgan fingerprint density at radius 3 is 2.58 bits per heavy atom. The minimum atomic E-state index is 0.526. The molecule has 2 aromatic rings. The van der Waals surface area contributed by atoms with Crippen LogP contribution in [0.3, 0.4) is 0 Å². The van der Waals surface area contributed by atoms with E-state index in [1.54, 1.807) is 19.4 Å². The van der Waals surface area contributed by atoms with Crippen LogP contribution < -0.4 is 15.4 Å². The Kier molecular flexibility index (Phi) is 4.30. The number of nitrogens with one attached hydrogen (secondary N) is 2. The third kappa shape index (κ3) is 3.93. The van der Waals surface area contributed by atoms with Crippen molar-refractivity contribution in [1.29, 1.82) is 0 Å². The summed E-state index contributed by atoms with van der Waals surface area (Å²) in [7, 11) is 1.58. The molecule has 0 spiro atoms. The van der Waals surface area contributed by atoms with Gasteiger partial charge >= 0.3 is 0 Å². The minimum absolute atomic E-state index is 0.526. The van der Waals surface area contributed by atoms with Crippen molar-refractivity contribution in [2.45, 2.75) is 6.92 Å². The summed E-state index contributed by atoms with van der Waals surface area (Å²) in [5, 5.41) is 6.71. The Bertz CT molecular complexity index is 569. The lowest BCUT2D eigenvalue weighted by Gasteiger charge is -2.11. The van der Waals surface area contributed by atoms with E-state index >= 15 is 0 Å². The van der Waals surface area contributed by atoms with Crippen molar-refractivity contribution in [3.63, 3.8) is 0 Å². The molecule has 1 heterocycles. The van der Waals surface area contributed by atoms with Crippen LogP contribution in [-0.2, 0) is 0 Å². The van der Waals surface area contributed by atoms with E-state index in [1.165, 1.54) is 5.56 Å². The lowest BCUT2D eigenvalue weighted by molar-refractivity contribution is 0.398. The van der Waals surface area contributed by atoms with Crippen molar-refractivity contribution in [2.75, 3.05) is 17.7 Å². The SMILES string of the molecule is COc1ccc(NC(=S)Nc2cccc(C)c2)cn1. The van der Waals surface area contributed by atoms with Crippen molar-refractivity contribution >= 4 is 28.7 Å². The fourth-order valence-electron chi connectivity index (χ4n) is 1.59. The molecule has 0 saturated heterocycles. The standard InChI is InChI=1S/C14H15N3OS/c1-10-4-3-5-11(8-10)16-14(19)17-12-6-7-13(18-2)15-9-12/h3-9H,1-2H3,(H2,16,17,19). The highest BCUT2D eigenvalue weighted by molar-refractivity contribution is 7.80. The molecule has 1 aromatic heterocycles. The molecule has 0 aliphatic rings. The zero-order chi connectivity index (χ0) is 13.7. The van der Waals surface area contributed by atoms with E-state index in [9.17, 15) is 0 Å². The van der Waals surface area contributed by atoms with Gasteiger partial charge in [0.15, 0.2) is 5.11 Å². The van der Waals surface area contributed by atoms with Crippen molar-refractivity contribution < 1.29 is 4.74 Å². The van der Waals surface area contributed by atoms with Crippen LogP contribution in [0.5, 0.6) is 5.88 Å². The maximum absolute atomic E-state index is 5.24. The first-order valence-corrected chi connectivity index (χ1v) is 6.23. The number of aryl methyl sites for hydroxylation is 1. The van der Waals surface area contributed by atoms with Crippen molar-refractivity contribution in [2.24, 2.45) is 0 Å². The molecule has 0 aliphatic heterocycles. The molecule has 98 valence electrons.